The van der Waals surface area contributed by atoms with Crippen molar-refractivity contribution in [1.82, 2.24) is 0 Å². The van der Waals surface area contributed by atoms with Crippen LogP contribution in [-0.4, -0.2) is 5.91 Å². The predicted octanol–water partition coefficient (Wildman–Crippen LogP) is 3.58. The van der Waals surface area contributed by atoms with Gasteiger partial charge < -0.3 is 5.73 Å². The van der Waals surface area contributed by atoms with Crippen LogP contribution in [-0.2, 0) is 12.8 Å². The van der Waals surface area contributed by atoms with E-state index in [1.165, 1.54) is 16.7 Å². The average Bonchev–Trinajstić information content (AvgIpc) is 2.46. The highest BCUT2D eigenvalue weighted by Gasteiger charge is 2.10. The number of carbonyl (C=O) groups excluding carboxylic acids is 1. The van der Waals surface area contributed by atoms with Crippen molar-refractivity contribution in [1.29, 1.82) is 0 Å². The fourth-order valence-corrected chi connectivity index (χ4v) is 2.39. The Labute approximate surface area is 114 Å². The quantitative estimate of drug-likeness (QED) is 0.889. The maximum absolute atomic E-state index is 11.3. The molecule has 0 bridgehead atoms. The molecule has 98 valence electrons. The van der Waals surface area contributed by atoms with Crippen LogP contribution >= 0.6 is 0 Å². The molecule has 1 amide bonds. The number of primary amides is 1. The molecule has 0 aliphatic carbocycles. The fraction of sp³-hybridized carbons (Fsp3) is 0.235. The summed E-state index contributed by atoms with van der Waals surface area (Å²) in [4.78, 5) is 11.3. The van der Waals surface area contributed by atoms with Crippen LogP contribution in [0, 0.1) is 0 Å². The zero-order valence-electron chi connectivity index (χ0n) is 11.4. The molecule has 0 unspecified atom stereocenters. The number of benzene rings is 2. The Hall–Kier alpha value is -2.09. The van der Waals surface area contributed by atoms with Gasteiger partial charge in [0.1, 0.15) is 0 Å². The summed E-state index contributed by atoms with van der Waals surface area (Å²) in [6.45, 7) is 4.25. The zero-order valence-corrected chi connectivity index (χ0v) is 11.4. The molecule has 0 heterocycles. The molecular weight excluding hydrogens is 234 g/mol. The summed E-state index contributed by atoms with van der Waals surface area (Å²) in [5.74, 6) is -0.370. The van der Waals surface area contributed by atoms with E-state index in [0.29, 0.717) is 5.56 Å². The molecule has 19 heavy (non-hydrogen) atoms. The van der Waals surface area contributed by atoms with Gasteiger partial charge in [-0.3, -0.25) is 4.79 Å². The Morgan fingerprint density at radius 2 is 1.58 bits per heavy atom. The molecule has 2 nitrogen and oxygen atoms in total. The summed E-state index contributed by atoms with van der Waals surface area (Å²) in [6.07, 6.45) is 1.88. The largest absolute Gasteiger partial charge is 0.366 e. The van der Waals surface area contributed by atoms with Crippen molar-refractivity contribution in [3.8, 4) is 11.1 Å². The molecule has 0 radical (unpaired) electrons. The Morgan fingerprint density at radius 3 is 2.21 bits per heavy atom. The van der Waals surface area contributed by atoms with Crippen molar-refractivity contribution in [3.05, 3.63) is 59.2 Å². The Balaban J connectivity index is 2.59. The third-order valence-electron chi connectivity index (χ3n) is 3.46. The van der Waals surface area contributed by atoms with Gasteiger partial charge in [-0.1, -0.05) is 44.2 Å². The number of rotatable bonds is 4. The third kappa shape index (κ3) is 2.68. The Kier molecular flexibility index (Phi) is 4.00. The minimum absolute atomic E-state index is 0.370. The monoisotopic (exact) mass is 253 g/mol. The maximum atomic E-state index is 11.3. The molecule has 0 atom stereocenters. The van der Waals surface area contributed by atoms with Crippen LogP contribution in [0.3, 0.4) is 0 Å². The normalized spacial score (nSPS) is 10.4. The molecule has 2 aromatic carbocycles. The highest BCUT2D eigenvalue weighted by atomic mass is 16.1. The lowest BCUT2D eigenvalue weighted by molar-refractivity contribution is 0.1000. The molecule has 2 N–H and O–H groups in total. The van der Waals surface area contributed by atoms with E-state index in [4.69, 9.17) is 5.73 Å². The number of hydrogen-bond donors (Lipinski definition) is 1. The lowest BCUT2D eigenvalue weighted by Gasteiger charge is -2.13. The molecule has 0 aliphatic heterocycles. The summed E-state index contributed by atoms with van der Waals surface area (Å²) >= 11 is 0. The second-order valence-electron chi connectivity index (χ2n) is 4.60. The molecule has 2 aromatic rings. The van der Waals surface area contributed by atoms with Gasteiger partial charge in [-0.25, -0.2) is 0 Å². The number of nitrogens with two attached hydrogens (primary N) is 1. The highest BCUT2D eigenvalue weighted by Crippen LogP contribution is 2.28. The van der Waals surface area contributed by atoms with Gasteiger partial charge in [0.05, 0.1) is 0 Å². The lowest BCUT2D eigenvalue weighted by atomic mass is 9.92. The van der Waals surface area contributed by atoms with Gasteiger partial charge in [0, 0.05) is 5.56 Å². The van der Waals surface area contributed by atoms with E-state index < -0.39 is 0 Å². The number of amides is 1. The summed E-state index contributed by atoms with van der Waals surface area (Å²) in [5.41, 5.74) is 10.9. The lowest BCUT2D eigenvalue weighted by Crippen LogP contribution is -2.11. The number of hydrogen-bond acceptors (Lipinski definition) is 1. The summed E-state index contributed by atoms with van der Waals surface area (Å²) in [6, 6.07) is 14.1. The molecule has 0 fully saturated rings. The summed E-state index contributed by atoms with van der Waals surface area (Å²) < 4.78 is 0. The first-order chi connectivity index (χ1) is 9.17. The molecular formula is C17H19NO. The fourth-order valence-electron chi connectivity index (χ4n) is 2.39. The smallest absolute Gasteiger partial charge is 0.248 e. The third-order valence-corrected chi connectivity index (χ3v) is 3.46. The molecule has 0 saturated heterocycles. The van der Waals surface area contributed by atoms with E-state index in [-0.39, 0.29) is 5.91 Å². The first-order valence-electron chi connectivity index (χ1n) is 6.68. The molecule has 2 rings (SSSR count). The van der Waals surface area contributed by atoms with Gasteiger partial charge >= 0.3 is 0 Å². The molecule has 0 aromatic heterocycles. The number of carbonyl (C=O) groups is 1. The van der Waals surface area contributed by atoms with Crippen molar-refractivity contribution in [3.63, 3.8) is 0 Å². The minimum Gasteiger partial charge on any atom is -0.366 e. The van der Waals surface area contributed by atoms with Crippen molar-refractivity contribution >= 4 is 5.91 Å². The van der Waals surface area contributed by atoms with E-state index in [9.17, 15) is 4.79 Å². The first-order valence-corrected chi connectivity index (χ1v) is 6.68. The van der Waals surface area contributed by atoms with E-state index in [1.54, 1.807) is 0 Å². The van der Waals surface area contributed by atoms with Crippen LogP contribution in [0.2, 0.25) is 0 Å². The minimum atomic E-state index is -0.370. The van der Waals surface area contributed by atoms with Crippen LogP contribution in [0.1, 0.15) is 35.3 Å². The van der Waals surface area contributed by atoms with Gasteiger partial charge in [-0.2, -0.15) is 0 Å². The average molecular weight is 253 g/mol. The van der Waals surface area contributed by atoms with Gasteiger partial charge in [0.25, 0.3) is 0 Å². The van der Waals surface area contributed by atoms with Crippen molar-refractivity contribution in [2.45, 2.75) is 26.7 Å². The Morgan fingerprint density at radius 1 is 0.947 bits per heavy atom. The molecule has 0 saturated carbocycles. The summed E-state index contributed by atoms with van der Waals surface area (Å²) in [7, 11) is 0. The zero-order chi connectivity index (χ0) is 13.8. The predicted molar refractivity (Wildman–Crippen MR) is 79.2 cm³/mol. The van der Waals surface area contributed by atoms with Gasteiger partial charge in [0.2, 0.25) is 5.91 Å². The number of aryl methyl sites for hydroxylation is 2. The van der Waals surface area contributed by atoms with Crippen molar-refractivity contribution in [2.24, 2.45) is 5.73 Å². The van der Waals surface area contributed by atoms with Crippen LogP contribution in [0.15, 0.2) is 42.5 Å². The highest BCUT2D eigenvalue weighted by molar-refractivity contribution is 5.93. The van der Waals surface area contributed by atoms with Gasteiger partial charge in [-0.15, -0.1) is 0 Å². The van der Waals surface area contributed by atoms with Crippen LogP contribution in [0.4, 0.5) is 0 Å². The van der Waals surface area contributed by atoms with E-state index in [2.05, 4.69) is 38.1 Å². The standard InChI is InChI=1S/C17H19NO/c1-3-12-7-5-6-8-15(12)16-10-9-14(17(18)19)11-13(16)4-2/h5-11H,3-4H2,1-2H3,(H2,18,19). The molecule has 2 heteroatoms. The van der Waals surface area contributed by atoms with E-state index in [1.807, 2.05) is 18.2 Å². The van der Waals surface area contributed by atoms with Crippen molar-refractivity contribution in [2.75, 3.05) is 0 Å². The first kappa shape index (κ1) is 13.3. The molecule has 0 spiro atoms. The maximum Gasteiger partial charge on any atom is 0.248 e. The SMILES string of the molecule is CCc1ccccc1-c1ccc(C(N)=O)cc1CC. The molecule has 0 aliphatic rings. The van der Waals surface area contributed by atoms with Crippen LogP contribution in [0.5, 0.6) is 0 Å². The van der Waals surface area contributed by atoms with Crippen LogP contribution < -0.4 is 5.73 Å². The topological polar surface area (TPSA) is 43.1 Å². The van der Waals surface area contributed by atoms with E-state index in [0.717, 1.165) is 18.4 Å². The van der Waals surface area contributed by atoms with E-state index >= 15 is 0 Å². The van der Waals surface area contributed by atoms with Gasteiger partial charge in [0.15, 0.2) is 0 Å². The second-order valence-corrected chi connectivity index (χ2v) is 4.60. The van der Waals surface area contributed by atoms with Crippen LogP contribution in [0.25, 0.3) is 11.1 Å². The van der Waals surface area contributed by atoms with Gasteiger partial charge in [-0.05, 0) is 47.2 Å². The second kappa shape index (κ2) is 5.70. The van der Waals surface area contributed by atoms with Crippen molar-refractivity contribution < 1.29 is 4.79 Å². The summed E-state index contributed by atoms with van der Waals surface area (Å²) in [5, 5.41) is 0. The Bertz CT molecular complexity index is 602.